The van der Waals surface area contributed by atoms with Gasteiger partial charge in [-0.2, -0.15) is 18.4 Å². The molecule has 2 aliphatic carbocycles. The Hall–Kier alpha value is -2.25. The van der Waals surface area contributed by atoms with Gasteiger partial charge in [-0.05, 0) is 62.8 Å². The molecular weight excluding hydrogens is 444 g/mol. The normalized spacial score (nSPS) is 27.2. The van der Waals surface area contributed by atoms with Crippen LogP contribution in [0.25, 0.3) is 4.91 Å². The van der Waals surface area contributed by atoms with Crippen LogP contribution < -0.4 is 15.2 Å². The summed E-state index contributed by atoms with van der Waals surface area (Å²) in [4.78, 5) is 0.803. The number of nitrogens with one attached hydrogen (secondary N) is 2. The molecule has 1 aliphatic heterocycles. The summed E-state index contributed by atoms with van der Waals surface area (Å²) >= 11 is 1.74. The second kappa shape index (κ2) is 8.60. The van der Waals surface area contributed by atoms with Crippen LogP contribution in [0.15, 0.2) is 47.9 Å². The van der Waals surface area contributed by atoms with Crippen LogP contribution in [0.5, 0.6) is 0 Å². The van der Waals surface area contributed by atoms with E-state index >= 15 is 0 Å². The zero-order valence-corrected chi connectivity index (χ0v) is 20.0. The van der Waals surface area contributed by atoms with Crippen molar-refractivity contribution in [3.05, 3.63) is 64.6 Å². The maximum atomic E-state index is 11.5. The molecule has 0 amide bonds. The highest BCUT2D eigenvalue weighted by Crippen LogP contribution is 2.50. The lowest BCUT2D eigenvalue weighted by Crippen LogP contribution is -2.40. The Bertz CT molecular complexity index is 1160. The van der Waals surface area contributed by atoms with E-state index in [4.69, 9.17) is 9.88 Å². The molecule has 4 rings (SSSR count). The Morgan fingerprint density at radius 3 is 2.88 bits per heavy atom. The van der Waals surface area contributed by atoms with Gasteiger partial charge >= 0.3 is 0 Å². The first kappa shape index (κ1) is 22.9. The highest BCUT2D eigenvalue weighted by molar-refractivity contribution is 8.09. The minimum absolute atomic E-state index is 0.0186. The van der Waals surface area contributed by atoms with Gasteiger partial charge in [-0.1, -0.05) is 36.0 Å². The molecule has 9 heteroatoms. The number of thioether (sulfide) groups is 1. The number of allylic oxidation sites excluding steroid dienone is 2. The molecule has 3 aliphatic rings. The molecule has 0 saturated carbocycles. The average Bonchev–Trinajstić information content (AvgIpc) is 3.31. The van der Waals surface area contributed by atoms with Gasteiger partial charge in [0.15, 0.2) is 0 Å². The average molecular weight is 473 g/mol. The Morgan fingerprint density at radius 1 is 1.41 bits per heavy atom. The Kier molecular flexibility index (Phi) is 6.16. The summed E-state index contributed by atoms with van der Waals surface area (Å²) in [6.45, 7) is 6.05. The van der Waals surface area contributed by atoms with Crippen LogP contribution in [-0.4, -0.2) is 19.4 Å². The van der Waals surface area contributed by atoms with Crippen molar-refractivity contribution in [2.75, 3.05) is 0 Å². The van der Waals surface area contributed by atoms with Gasteiger partial charge < -0.3 is 10.1 Å². The van der Waals surface area contributed by atoms with Crippen molar-refractivity contribution in [2.45, 2.75) is 57.1 Å². The minimum Gasteiger partial charge on any atom is -0.490 e. The van der Waals surface area contributed by atoms with Gasteiger partial charge in [0.2, 0.25) is 0 Å². The molecule has 0 fully saturated rings. The number of hydrogen-bond donors (Lipinski definition) is 3. The number of nitrogens with zero attached hydrogens (tertiary/aromatic N) is 1. The Labute approximate surface area is 194 Å². The van der Waals surface area contributed by atoms with Gasteiger partial charge in [-0.15, -0.1) is 0 Å². The molecule has 0 spiro atoms. The number of benzene rings is 1. The third-order valence-corrected chi connectivity index (χ3v) is 8.08. The zero-order chi connectivity index (χ0) is 23.1. The van der Waals surface area contributed by atoms with E-state index in [0.29, 0.717) is 24.2 Å². The van der Waals surface area contributed by atoms with Crippen LogP contribution in [0.4, 0.5) is 0 Å². The smallest absolute Gasteiger partial charge is 0.274 e. The molecule has 0 saturated heterocycles. The largest absolute Gasteiger partial charge is 0.490 e. The Morgan fingerprint density at radius 2 is 2.19 bits per heavy atom. The number of hydrogen-bond acceptors (Lipinski definition) is 6. The molecule has 7 nitrogen and oxygen atoms in total. The number of ether oxygens (including phenoxy) is 1. The molecular formula is C23H28N4O3S2. The van der Waals surface area contributed by atoms with Crippen LogP contribution in [0.3, 0.4) is 0 Å². The molecule has 3 atom stereocenters. The maximum absolute atomic E-state index is 11.5. The standard InChI is InChI=1S/C23H28N4O3S2/c1-14(2)30-21-10-7-16(11-15(21)12-24)23(3)26-13-22(31-23)19-6-4-5-18-17(19)8-9-20(18)27-32(25,28)29/h4-7,10,13-14,16,20,26-27H,8-9,11H2,1-3H3,(H2,25,28,29)/t16?,20-,23?/m0/s1. The number of nitrogens with two attached hydrogens (primary N) is 1. The fraction of sp³-hybridized carbons (Fsp3) is 0.435. The lowest BCUT2D eigenvalue weighted by atomic mass is 9.88. The predicted octanol–water partition coefficient (Wildman–Crippen LogP) is 3.60. The fourth-order valence-electron chi connectivity index (χ4n) is 4.55. The van der Waals surface area contributed by atoms with E-state index in [0.717, 1.165) is 28.0 Å². The van der Waals surface area contributed by atoms with Crippen molar-refractivity contribution in [1.29, 1.82) is 5.26 Å². The summed E-state index contributed by atoms with van der Waals surface area (Å²) in [5, 5.41) is 18.4. The first-order chi connectivity index (χ1) is 15.1. The maximum Gasteiger partial charge on any atom is 0.274 e. The molecule has 2 unspecified atom stereocenters. The molecule has 1 aromatic carbocycles. The summed E-state index contributed by atoms with van der Waals surface area (Å²) in [6.07, 6.45) is 8.17. The molecule has 0 radical (unpaired) electrons. The first-order valence-corrected chi connectivity index (χ1v) is 13.0. The lowest BCUT2D eigenvalue weighted by molar-refractivity contribution is 0.153. The summed E-state index contributed by atoms with van der Waals surface area (Å²) in [5.41, 5.74) is 3.92. The van der Waals surface area contributed by atoms with E-state index in [1.54, 1.807) is 11.8 Å². The van der Waals surface area contributed by atoms with Gasteiger partial charge in [0.05, 0.1) is 22.6 Å². The van der Waals surface area contributed by atoms with Crippen molar-refractivity contribution in [3.63, 3.8) is 0 Å². The second-order valence-corrected chi connectivity index (χ2v) is 11.6. The Balaban J connectivity index is 1.53. The summed E-state index contributed by atoms with van der Waals surface area (Å²) in [7, 11) is -3.77. The number of rotatable bonds is 6. The zero-order valence-electron chi connectivity index (χ0n) is 18.4. The molecule has 32 heavy (non-hydrogen) atoms. The highest BCUT2D eigenvalue weighted by atomic mass is 32.2. The van der Waals surface area contributed by atoms with E-state index in [9.17, 15) is 13.7 Å². The lowest BCUT2D eigenvalue weighted by Gasteiger charge is -2.34. The van der Waals surface area contributed by atoms with E-state index < -0.39 is 10.2 Å². The monoisotopic (exact) mass is 472 g/mol. The van der Waals surface area contributed by atoms with Gasteiger partial charge in [0, 0.05) is 23.1 Å². The summed E-state index contributed by atoms with van der Waals surface area (Å²) < 4.78 is 31.4. The van der Waals surface area contributed by atoms with Gasteiger partial charge in [0.1, 0.15) is 5.76 Å². The van der Waals surface area contributed by atoms with Gasteiger partial charge in [0.25, 0.3) is 10.2 Å². The van der Waals surface area contributed by atoms with E-state index in [2.05, 4.69) is 35.2 Å². The van der Waals surface area contributed by atoms with Crippen LogP contribution in [0.1, 0.15) is 56.3 Å². The molecule has 1 heterocycles. The molecule has 4 N–H and O–H groups in total. The van der Waals surface area contributed by atoms with Crippen LogP contribution >= 0.6 is 11.8 Å². The van der Waals surface area contributed by atoms with E-state index in [1.165, 1.54) is 0 Å². The second-order valence-electron chi connectivity index (χ2n) is 8.78. The van der Waals surface area contributed by atoms with Crippen molar-refractivity contribution in [2.24, 2.45) is 11.1 Å². The van der Waals surface area contributed by atoms with Crippen LogP contribution in [0.2, 0.25) is 0 Å². The number of nitriles is 1. The van der Waals surface area contributed by atoms with E-state index in [1.807, 2.05) is 38.3 Å². The quantitative estimate of drug-likeness (QED) is 0.582. The summed E-state index contributed by atoms with van der Waals surface area (Å²) in [6, 6.07) is 8.02. The highest BCUT2D eigenvalue weighted by Gasteiger charge is 2.40. The predicted molar refractivity (Wildman–Crippen MR) is 127 cm³/mol. The van der Waals surface area contributed by atoms with Crippen molar-refractivity contribution in [3.8, 4) is 6.07 Å². The third-order valence-electron chi connectivity index (χ3n) is 6.06. The molecule has 170 valence electrons. The molecule has 0 bridgehead atoms. The van der Waals surface area contributed by atoms with E-state index in [-0.39, 0.29) is 22.9 Å². The van der Waals surface area contributed by atoms with Gasteiger partial charge in [-0.25, -0.2) is 5.14 Å². The van der Waals surface area contributed by atoms with Gasteiger partial charge in [-0.3, -0.25) is 0 Å². The SMILES string of the molecule is CC(C)OC1=C(C#N)CC(C2(C)NC=C(c3cccc4c3CC[C@@H]4NS(N)(=O)=O)S2)C=C1. The number of fused-ring (bicyclic) bond motifs is 1. The fourth-order valence-corrected chi connectivity index (χ4v) is 6.50. The molecule has 0 aromatic heterocycles. The third kappa shape index (κ3) is 4.59. The van der Waals surface area contributed by atoms with Crippen molar-refractivity contribution >= 4 is 26.9 Å². The summed E-state index contributed by atoms with van der Waals surface area (Å²) in [5.74, 6) is 0.775. The van der Waals surface area contributed by atoms with Crippen molar-refractivity contribution < 1.29 is 13.2 Å². The first-order valence-electron chi connectivity index (χ1n) is 10.7. The molecule has 1 aromatic rings. The van der Waals surface area contributed by atoms with Crippen LogP contribution in [-0.2, 0) is 21.4 Å². The van der Waals surface area contributed by atoms with Crippen LogP contribution in [0, 0.1) is 17.2 Å². The minimum atomic E-state index is -3.77. The van der Waals surface area contributed by atoms with Crippen molar-refractivity contribution in [1.82, 2.24) is 10.0 Å². The topological polar surface area (TPSA) is 117 Å².